The Labute approximate surface area is 101 Å². The van der Waals surface area contributed by atoms with Crippen LogP contribution in [0.2, 0.25) is 0 Å². The summed E-state index contributed by atoms with van der Waals surface area (Å²) in [5.41, 5.74) is 1.29. The monoisotopic (exact) mass is 286 g/mol. The van der Waals surface area contributed by atoms with Gasteiger partial charge >= 0.3 is 11.9 Å². The first-order chi connectivity index (χ1) is 7.54. The number of hydrogen-bond donors (Lipinski definition) is 1. The molecule has 86 valence electrons. The fourth-order valence-corrected chi connectivity index (χ4v) is 1.81. The number of carboxylic acid groups (broad SMARTS) is 1. The number of esters is 1. The Balaban J connectivity index is 2.83. The number of methoxy groups -OCH3 is 1. The van der Waals surface area contributed by atoms with Crippen molar-refractivity contribution in [1.29, 1.82) is 0 Å². The van der Waals surface area contributed by atoms with Gasteiger partial charge in [0.1, 0.15) is 0 Å². The van der Waals surface area contributed by atoms with Crippen molar-refractivity contribution in [3.8, 4) is 0 Å². The van der Waals surface area contributed by atoms with E-state index in [-0.39, 0.29) is 6.42 Å². The van der Waals surface area contributed by atoms with Crippen molar-refractivity contribution in [1.82, 2.24) is 0 Å². The maximum Gasteiger partial charge on any atom is 0.337 e. The second kappa shape index (κ2) is 5.65. The van der Waals surface area contributed by atoms with Gasteiger partial charge < -0.3 is 9.84 Å². The Morgan fingerprint density at radius 2 is 2.12 bits per heavy atom. The molecule has 1 aromatic carbocycles. The maximum atomic E-state index is 11.2. The SMILES string of the molecule is COC(=O)c1ccc(CCC(=O)O)c(Br)c1. The van der Waals surface area contributed by atoms with E-state index in [2.05, 4.69) is 20.7 Å². The number of aliphatic carboxylic acids is 1. The summed E-state index contributed by atoms with van der Waals surface area (Å²) in [6.07, 6.45) is 0.494. The van der Waals surface area contributed by atoms with Crippen LogP contribution >= 0.6 is 15.9 Å². The fourth-order valence-electron chi connectivity index (χ4n) is 1.24. The fraction of sp³-hybridized carbons (Fsp3) is 0.273. The number of rotatable bonds is 4. The van der Waals surface area contributed by atoms with Gasteiger partial charge in [-0.05, 0) is 24.1 Å². The third kappa shape index (κ3) is 3.34. The highest BCUT2D eigenvalue weighted by Gasteiger charge is 2.09. The van der Waals surface area contributed by atoms with E-state index in [0.29, 0.717) is 12.0 Å². The van der Waals surface area contributed by atoms with Crippen molar-refractivity contribution in [2.75, 3.05) is 7.11 Å². The molecule has 16 heavy (non-hydrogen) atoms. The highest BCUT2D eigenvalue weighted by molar-refractivity contribution is 9.10. The van der Waals surface area contributed by atoms with E-state index in [0.717, 1.165) is 10.0 Å². The van der Waals surface area contributed by atoms with E-state index < -0.39 is 11.9 Å². The van der Waals surface area contributed by atoms with Gasteiger partial charge in [0.25, 0.3) is 0 Å². The highest BCUT2D eigenvalue weighted by atomic mass is 79.9. The van der Waals surface area contributed by atoms with E-state index in [1.54, 1.807) is 18.2 Å². The molecule has 0 atom stereocenters. The van der Waals surface area contributed by atoms with Crippen LogP contribution in [0.3, 0.4) is 0 Å². The van der Waals surface area contributed by atoms with Gasteiger partial charge in [0.15, 0.2) is 0 Å². The van der Waals surface area contributed by atoms with Crippen LogP contribution in [0.4, 0.5) is 0 Å². The van der Waals surface area contributed by atoms with Gasteiger partial charge in [-0.1, -0.05) is 22.0 Å². The van der Waals surface area contributed by atoms with E-state index >= 15 is 0 Å². The lowest BCUT2D eigenvalue weighted by atomic mass is 10.1. The van der Waals surface area contributed by atoms with Gasteiger partial charge in [0, 0.05) is 10.9 Å². The number of halogens is 1. The third-order valence-electron chi connectivity index (χ3n) is 2.08. The van der Waals surface area contributed by atoms with Crippen LogP contribution in [-0.4, -0.2) is 24.2 Å². The molecule has 0 amide bonds. The standard InChI is InChI=1S/C11H11BrO4/c1-16-11(15)8-3-2-7(9(12)6-8)4-5-10(13)14/h2-3,6H,4-5H2,1H3,(H,13,14). The first-order valence-corrected chi connectivity index (χ1v) is 5.42. The predicted octanol–water partition coefficient (Wildman–Crippen LogP) is 2.25. The van der Waals surface area contributed by atoms with Crippen molar-refractivity contribution >= 4 is 27.9 Å². The van der Waals surface area contributed by atoms with Crippen molar-refractivity contribution < 1.29 is 19.4 Å². The van der Waals surface area contributed by atoms with Gasteiger partial charge in [0.05, 0.1) is 12.7 Å². The van der Waals surface area contributed by atoms with Gasteiger partial charge in [-0.15, -0.1) is 0 Å². The molecule has 0 radical (unpaired) electrons. The zero-order valence-corrected chi connectivity index (χ0v) is 10.3. The van der Waals surface area contributed by atoms with Crippen LogP contribution < -0.4 is 0 Å². The van der Waals surface area contributed by atoms with Gasteiger partial charge in [0.2, 0.25) is 0 Å². The lowest BCUT2D eigenvalue weighted by Crippen LogP contribution is -2.03. The minimum atomic E-state index is -0.844. The highest BCUT2D eigenvalue weighted by Crippen LogP contribution is 2.20. The minimum absolute atomic E-state index is 0.0656. The summed E-state index contributed by atoms with van der Waals surface area (Å²) in [5.74, 6) is -1.26. The molecule has 1 N–H and O–H groups in total. The van der Waals surface area contributed by atoms with Gasteiger partial charge in [-0.25, -0.2) is 4.79 Å². The van der Waals surface area contributed by atoms with E-state index in [1.807, 2.05) is 0 Å². The molecule has 1 aromatic rings. The van der Waals surface area contributed by atoms with Crippen LogP contribution in [0, 0.1) is 0 Å². The van der Waals surface area contributed by atoms with E-state index in [1.165, 1.54) is 7.11 Å². The molecule has 0 saturated carbocycles. The Kier molecular flexibility index (Phi) is 4.49. The second-order valence-electron chi connectivity index (χ2n) is 3.19. The van der Waals surface area contributed by atoms with Crippen molar-refractivity contribution in [3.05, 3.63) is 33.8 Å². The second-order valence-corrected chi connectivity index (χ2v) is 4.05. The number of aryl methyl sites for hydroxylation is 1. The number of hydrogen-bond acceptors (Lipinski definition) is 3. The Morgan fingerprint density at radius 3 is 2.62 bits per heavy atom. The molecule has 0 aliphatic rings. The van der Waals surface area contributed by atoms with Gasteiger partial charge in [-0.2, -0.15) is 0 Å². The molecule has 0 spiro atoms. The number of carboxylic acids is 1. The lowest BCUT2D eigenvalue weighted by Gasteiger charge is -2.05. The van der Waals surface area contributed by atoms with Gasteiger partial charge in [-0.3, -0.25) is 4.79 Å². The molecule has 0 aliphatic heterocycles. The van der Waals surface area contributed by atoms with Crippen molar-refractivity contribution in [2.24, 2.45) is 0 Å². The Morgan fingerprint density at radius 1 is 1.44 bits per heavy atom. The quantitative estimate of drug-likeness (QED) is 0.863. The zero-order valence-electron chi connectivity index (χ0n) is 8.70. The minimum Gasteiger partial charge on any atom is -0.481 e. The molecule has 0 aliphatic carbocycles. The molecular formula is C11H11BrO4. The summed E-state index contributed by atoms with van der Waals surface area (Å²) < 4.78 is 5.29. The Hall–Kier alpha value is -1.36. The predicted molar refractivity (Wildman–Crippen MR) is 61.4 cm³/mol. The number of carbonyl (C=O) groups excluding carboxylic acids is 1. The molecular weight excluding hydrogens is 276 g/mol. The number of benzene rings is 1. The van der Waals surface area contributed by atoms with Crippen molar-refractivity contribution in [3.63, 3.8) is 0 Å². The summed E-state index contributed by atoms with van der Waals surface area (Å²) in [7, 11) is 1.31. The Bertz CT molecular complexity index is 414. The van der Waals surface area contributed by atoms with Crippen LogP contribution in [-0.2, 0) is 16.0 Å². The summed E-state index contributed by atoms with van der Waals surface area (Å²) in [5, 5.41) is 8.56. The summed E-state index contributed by atoms with van der Waals surface area (Å²) >= 11 is 3.29. The largest absolute Gasteiger partial charge is 0.481 e. The molecule has 0 fully saturated rings. The molecule has 0 heterocycles. The smallest absolute Gasteiger partial charge is 0.337 e. The van der Waals surface area contributed by atoms with Crippen LogP contribution in [0.25, 0.3) is 0 Å². The molecule has 4 nitrogen and oxygen atoms in total. The molecule has 1 rings (SSSR count). The molecule has 0 unspecified atom stereocenters. The molecule has 0 bridgehead atoms. The van der Waals surface area contributed by atoms with E-state index in [4.69, 9.17) is 5.11 Å². The average Bonchev–Trinajstić information content (AvgIpc) is 2.26. The number of ether oxygens (including phenoxy) is 1. The average molecular weight is 287 g/mol. The van der Waals surface area contributed by atoms with Crippen LogP contribution in [0.15, 0.2) is 22.7 Å². The van der Waals surface area contributed by atoms with Crippen LogP contribution in [0.5, 0.6) is 0 Å². The zero-order chi connectivity index (χ0) is 12.1. The first kappa shape index (κ1) is 12.7. The molecule has 5 heteroatoms. The summed E-state index contributed by atoms with van der Waals surface area (Å²) in [6.45, 7) is 0. The molecule has 0 saturated heterocycles. The maximum absolute atomic E-state index is 11.2. The first-order valence-electron chi connectivity index (χ1n) is 4.63. The third-order valence-corrected chi connectivity index (χ3v) is 2.82. The van der Waals surface area contributed by atoms with Crippen molar-refractivity contribution in [2.45, 2.75) is 12.8 Å². The summed E-state index contributed by atoms with van der Waals surface area (Å²) in [4.78, 5) is 21.6. The molecule has 0 aromatic heterocycles. The lowest BCUT2D eigenvalue weighted by molar-refractivity contribution is -0.136. The van der Waals surface area contributed by atoms with E-state index in [9.17, 15) is 9.59 Å². The number of carbonyl (C=O) groups is 2. The normalized spacial score (nSPS) is 9.88. The topological polar surface area (TPSA) is 63.6 Å². The summed E-state index contributed by atoms with van der Waals surface area (Å²) in [6, 6.07) is 4.97. The van der Waals surface area contributed by atoms with Crippen LogP contribution in [0.1, 0.15) is 22.3 Å².